The molecule has 7 heteroatoms. The second kappa shape index (κ2) is 4.65. The molecular formula is C12H18N6O. The van der Waals surface area contributed by atoms with Gasteiger partial charge in [-0.05, 0) is 18.8 Å². The van der Waals surface area contributed by atoms with Gasteiger partial charge in [0.15, 0.2) is 5.65 Å². The summed E-state index contributed by atoms with van der Waals surface area (Å²) in [6, 6.07) is 0. The third kappa shape index (κ3) is 2.21. The first-order valence-electron chi connectivity index (χ1n) is 6.45. The summed E-state index contributed by atoms with van der Waals surface area (Å²) in [7, 11) is 3.81. The van der Waals surface area contributed by atoms with E-state index in [0.29, 0.717) is 11.9 Å². The number of fused-ring (bicyclic) bond motifs is 1. The second-order valence-electron chi connectivity index (χ2n) is 5.12. The third-order valence-corrected chi connectivity index (χ3v) is 3.62. The van der Waals surface area contributed by atoms with E-state index >= 15 is 0 Å². The van der Waals surface area contributed by atoms with Crippen molar-refractivity contribution in [2.24, 2.45) is 5.92 Å². The molecule has 19 heavy (non-hydrogen) atoms. The Morgan fingerprint density at radius 1 is 1.47 bits per heavy atom. The fourth-order valence-electron chi connectivity index (χ4n) is 2.55. The van der Waals surface area contributed by atoms with Gasteiger partial charge in [0.1, 0.15) is 5.82 Å². The van der Waals surface area contributed by atoms with Crippen molar-refractivity contribution in [2.75, 3.05) is 30.9 Å². The van der Waals surface area contributed by atoms with Crippen molar-refractivity contribution in [3.05, 3.63) is 6.20 Å². The molecule has 1 fully saturated rings. The van der Waals surface area contributed by atoms with E-state index in [1.165, 1.54) is 0 Å². The van der Waals surface area contributed by atoms with Crippen molar-refractivity contribution in [1.82, 2.24) is 20.2 Å². The number of hydrogen-bond acceptors (Lipinski definition) is 6. The molecule has 0 amide bonds. The number of H-pyrrole nitrogens is 1. The number of aliphatic hydroxyl groups excluding tert-OH is 1. The van der Waals surface area contributed by atoms with Crippen LogP contribution < -0.4 is 10.2 Å². The zero-order chi connectivity index (χ0) is 13.4. The average Bonchev–Trinajstić information content (AvgIpc) is 2.83. The van der Waals surface area contributed by atoms with Gasteiger partial charge in [-0.1, -0.05) is 0 Å². The Morgan fingerprint density at radius 3 is 2.95 bits per heavy atom. The van der Waals surface area contributed by atoms with Crippen LogP contribution >= 0.6 is 0 Å². The van der Waals surface area contributed by atoms with Crippen molar-refractivity contribution in [3.63, 3.8) is 0 Å². The van der Waals surface area contributed by atoms with Crippen LogP contribution in [0.1, 0.15) is 12.8 Å². The number of nitrogens with zero attached hydrogens (tertiary/aromatic N) is 4. The van der Waals surface area contributed by atoms with Crippen LogP contribution in [-0.2, 0) is 0 Å². The van der Waals surface area contributed by atoms with Crippen LogP contribution in [0.3, 0.4) is 0 Å². The van der Waals surface area contributed by atoms with Gasteiger partial charge in [0, 0.05) is 20.6 Å². The predicted octanol–water partition coefficient (Wildman–Crippen LogP) is 0.602. The van der Waals surface area contributed by atoms with Crippen LogP contribution in [0.4, 0.5) is 11.8 Å². The SMILES string of the molecule is CNc1nc(N(C)CC2CC(O)C2)c2cn[nH]c2n1. The zero-order valence-electron chi connectivity index (χ0n) is 11.1. The zero-order valence-corrected chi connectivity index (χ0v) is 11.1. The molecule has 0 unspecified atom stereocenters. The number of rotatable bonds is 4. The molecule has 2 heterocycles. The van der Waals surface area contributed by atoms with Crippen LogP contribution in [0.2, 0.25) is 0 Å². The molecule has 3 N–H and O–H groups in total. The normalized spacial score (nSPS) is 22.3. The molecule has 0 aliphatic heterocycles. The number of aromatic nitrogens is 4. The molecule has 102 valence electrons. The summed E-state index contributed by atoms with van der Waals surface area (Å²) in [6.07, 6.45) is 3.38. The molecule has 2 aromatic heterocycles. The maximum Gasteiger partial charge on any atom is 0.226 e. The van der Waals surface area contributed by atoms with E-state index in [1.807, 2.05) is 7.05 Å². The topological polar surface area (TPSA) is 90.0 Å². The average molecular weight is 262 g/mol. The summed E-state index contributed by atoms with van der Waals surface area (Å²) in [5.74, 6) is 1.98. The van der Waals surface area contributed by atoms with Gasteiger partial charge in [0.05, 0.1) is 17.7 Å². The summed E-state index contributed by atoms with van der Waals surface area (Å²) >= 11 is 0. The lowest BCUT2D eigenvalue weighted by Crippen LogP contribution is -2.37. The quantitative estimate of drug-likeness (QED) is 0.747. The van der Waals surface area contributed by atoms with E-state index in [-0.39, 0.29) is 6.10 Å². The van der Waals surface area contributed by atoms with Crippen LogP contribution in [-0.4, -0.2) is 52.0 Å². The molecule has 7 nitrogen and oxygen atoms in total. The summed E-state index contributed by atoms with van der Waals surface area (Å²) < 4.78 is 0. The van der Waals surface area contributed by atoms with Crippen LogP contribution in [0.5, 0.6) is 0 Å². The Labute approximate surface area is 111 Å². The minimum absolute atomic E-state index is 0.120. The van der Waals surface area contributed by atoms with Gasteiger partial charge in [0.25, 0.3) is 0 Å². The van der Waals surface area contributed by atoms with E-state index in [0.717, 1.165) is 36.2 Å². The van der Waals surface area contributed by atoms with Gasteiger partial charge < -0.3 is 15.3 Å². The monoisotopic (exact) mass is 262 g/mol. The van der Waals surface area contributed by atoms with E-state index in [2.05, 4.69) is 30.4 Å². The molecule has 0 atom stereocenters. The van der Waals surface area contributed by atoms with E-state index in [4.69, 9.17) is 0 Å². The fraction of sp³-hybridized carbons (Fsp3) is 0.583. The van der Waals surface area contributed by atoms with Gasteiger partial charge in [-0.2, -0.15) is 15.1 Å². The highest BCUT2D eigenvalue weighted by Gasteiger charge is 2.28. The highest BCUT2D eigenvalue weighted by atomic mass is 16.3. The largest absolute Gasteiger partial charge is 0.393 e. The minimum atomic E-state index is -0.120. The van der Waals surface area contributed by atoms with Crippen molar-refractivity contribution >= 4 is 22.8 Å². The minimum Gasteiger partial charge on any atom is -0.393 e. The molecule has 3 rings (SSSR count). The van der Waals surface area contributed by atoms with Crippen molar-refractivity contribution in [1.29, 1.82) is 0 Å². The van der Waals surface area contributed by atoms with E-state index in [9.17, 15) is 5.11 Å². The molecule has 0 saturated heterocycles. The summed E-state index contributed by atoms with van der Waals surface area (Å²) in [4.78, 5) is 10.9. The summed E-state index contributed by atoms with van der Waals surface area (Å²) in [5, 5.41) is 20.1. The van der Waals surface area contributed by atoms with Crippen molar-refractivity contribution < 1.29 is 5.11 Å². The van der Waals surface area contributed by atoms with Gasteiger partial charge in [-0.25, -0.2) is 0 Å². The van der Waals surface area contributed by atoms with Gasteiger partial charge in [-0.15, -0.1) is 0 Å². The number of aromatic amines is 1. The maximum atomic E-state index is 9.35. The molecule has 0 radical (unpaired) electrons. The van der Waals surface area contributed by atoms with Gasteiger partial charge in [0.2, 0.25) is 5.95 Å². The standard InChI is InChI=1S/C12H18N6O/c1-13-12-15-10-9(5-14-17-10)11(16-12)18(2)6-7-3-8(19)4-7/h5,7-8,19H,3-4,6H2,1-2H3,(H2,13,14,15,16,17). The Kier molecular flexibility index (Phi) is 2.98. The molecule has 0 spiro atoms. The van der Waals surface area contributed by atoms with E-state index in [1.54, 1.807) is 13.2 Å². The number of nitrogens with one attached hydrogen (secondary N) is 2. The van der Waals surface area contributed by atoms with E-state index < -0.39 is 0 Å². The Hall–Kier alpha value is -1.89. The third-order valence-electron chi connectivity index (χ3n) is 3.62. The fourth-order valence-corrected chi connectivity index (χ4v) is 2.55. The number of aliphatic hydroxyl groups is 1. The molecule has 2 aromatic rings. The molecule has 1 aliphatic carbocycles. The predicted molar refractivity (Wildman–Crippen MR) is 73.2 cm³/mol. The summed E-state index contributed by atoms with van der Waals surface area (Å²) in [5.41, 5.74) is 0.731. The van der Waals surface area contributed by atoms with Crippen LogP contribution in [0.25, 0.3) is 11.0 Å². The Bertz CT molecular complexity index is 577. The first-order valence-corrected chi connectivity index (χ1v) is 6.45. The lowest BCUT2D eigenvalue weighted by Gasteiger charge is -2.34. The number of anilines is 2. The second-order valence-corrected chi connectivity index (χ2v) is 5.12. The molecule has 1 saturated carbocycles. The van der Waals surface area contributed by atoms with Gasteiger partial charge >= 0.3 is 0 Å². The maximum absolute atomic E-state index is 9.35. The number of hydrogen-bond donors (Lipinski definition) is 3. The molecular weight excluding hydrogens is 244 g/mol. The van der Waals surface area contributed by atoms with Crippen LogP contribution in [0.15, 0.2) is 6.20 Å². The summed E-state index contributed by atoms with van der Waals surface area (Å²) in [6.45, 7) is 0.886. The first kappa shape index (κ1) is 12.2. The first-order chi connectivity index (χ1) is 9.17. The lowest BCUT2D eigenvalue weighted by atomic mass is 9.82. The van der Waals surface area contributed by atoms with Gasteiger partial charge in [-0.3, -0.25) is 5.10 Å². The highest BCUT2D eigenvalue weighted by molar-refractivity contribution is 5.87. The van der Waals surface area contributed by atoms with Crippen molar-refractivity contribution in [2.45, 2.75) is 18.9 Å². The smallest absolute Gasteiger partial charge is 0.226 e. The Morgan fingerprint density at radius 2 is 2.26 bits per heavy atom. The van der Waals surface area contributed by atoms with Crippen molar-refractivity contribution in [3.8, 4) is 0 Å². The lowest BCUT2D eigenvalue weighted by molar-refractivity contribution is 0.0464. The molecule has 1 aliphatic rings. The molecule has 0 bridgehead atoms. The molecule has 0 aromatic carbocycles. The Balaban J connectivity index is 1.87. The highest BCUT2D eigenvalue weighted by Crippen LogP contribution is 2.30. The van der Waals surface area contributed by atoms with Crippen LogP contribution in [0, 0.1) is 5.92 Å².